The minimum absolute atomic E-state index is 0.190. The lowest BCUT2D eigenvalue weighted by molar-refractivity contribution is 0.0592. The number of fused-ring (bicyclic) bond motifs is 2. The standard InChI is InChI=1S/C68H82N2O4/c1-15-17-19-21-23-25-31-69-61(71)49-29-27-47-56-52(42-35-45(67(9,10)11)38-46(36-42)68(12,13)14)40-54-58-50(62(72)70(64(54)74)32-26-24-22-20-18-16-2)30-28-48(60(56)58)55-51(39-53(63(69)73)57(49)59(47)55)41-33-43(65(3,4)5)37-44(34-41)66(6,7)8/h27-30,33-40H,15-26,31-32H2,1-14H3. The van der Waals surface area contributed by atoms with Gasteiger partial charge in [0.15, 0.2) is 0 Å². The average molecular weight is 991 g/mol. The summed E-state index contributed by atoms with van der Waals surface area (Å²) in [5.41, 5.74) is 9.93. The molecule has 0 spiro atoms. The molecule has 4 amide bonds. The quantitative estimate of drug-likeness (QED) is 0.0418. The number of imide groups is 2. The summed E-state index contributed by atoms with van der Waals surface area (Å²) >= 11 is 0. The zero-order chi connectivity index (χ0) is 53.4. The van der Waals surface area contributed by atoms with Crippen molar-refractivity contribution in [3.8, 4) is 22.3 Å². The van der Waals surface area contributed by atoms with Gasteiger partial charge in [-0.05, 0) is 136 Å². The molecule has 2 heterocycles. The Morgan fingerprint density at radius 1 is 0.311 bits per heavy atom. The van der Waals surface area contributed by atoms with E-state index < -0.39 is 0 Å². The van der Waals surface area contributed by atoms with Gasteiger partial charge in [-0.2, -0.15) is 0 Å². The third-order valence-corrected chi connectivity index (χ3v) is 16.4. The summed E-state index contributed by atoms with van der Waals surface area (Å²) in [6.07, 6.45) is 12.6. The first kappa shape index (κ1) is 53.0. The summed E-state index contributed by atoms with van der Waals surface area (Å²) in [5.74, 6) is -1.02. The lowest BCUT2D eigenvalue weighted by Gasteiger charge is -2.32. The van der Waals surface area contributed by atoms with Crippen molar-refractivity contribution < 1.29 is 19.2 Å². The van der Waals surface area contributed by atoms with Crippen molar-refractivity contribution in [1.82, 2.24) is 9.80 Å². The molecule has 0 saturated carbocycles. The number of carbonyl (C=O) groups excluding carboxylic acids is 4. The summed E-state index contributed by atoms with van der Waals surface area (Å²) in [5, 5.41) is 6.74. The van der Waals surface area contributed by atoms with Crippen molar-refractivity contribution >= 4 is 66.7 Å². The zero-order valence-corrected chi connectivity index (χ0v) is 47.4. The first-order chi connectivity index (χ1) is 34.9. The van der Waals surface area contributed by atoms with Gasteiger partial charge in [0, 0.05) is 46.1 Å². The zero-order valence-electron chi connectivity index (χ0n) is 47.4. The number of hydrogen-bond donors (Lipinski definition) is 0. The van der Waals surface area contributed by atoms with Crippen LogP contribution >= 0.6 is 0 Å². The molecule has 9 rings (SSSR count). The Morgan fingerprint density at radius 2 is 0.608 bits per heavy atom. The molecule has 0 aromatic heterocycles. The van der Waals surface area contributed by atoms with Crippen LogP contribution in [0.4, 0.5) is 0 Å². The third kappa shape index (κ3) is 9.46. The first-order valence-electron chi connectivity index (χ1n) is 28.2. The van der Waals surface area contributed by atoms with E-state index >= 15 is 9.59 Å². The molecule has 0 bridgehead atoms. The molecule has 388 valence electrons. The van der Waals surface area contributed by atoms with Crippen LogP contribution in [0.5, 0.6) is 0 Å². The van der Waals surface area contributed by atoms with Gasteiger partial charge in [0.2, 0.25) is 0 Å². The number of carbonyl (C=O) groups is 4. The molecule has 0 atom stereocenters. The lowest BCUT2D eigenvalue weighted by Crippen LogP contribution is -2.41. The van der Waals surface area contributed by atoms with E-state index in [9.17, 15) is 9.59 Å². The molecular formula is C68H82N2O4. The molecule has 2 aliphatic rings. The van der Waals surface area contributed by atoms with Crippen LogP contribution in [-0.4, -0.2) is 46.5 Å². The van der Waals surface area contributed by atoms with Gasteiger partial charge < -0.3 is 0 Å². The van der Waals surface area contributed by atoms with Crippen LogP contribution in [0.3, 0.4) is 0 Å². The molecule has 0 unspecified atom stereocenters. The molecule has 2 aliphatic heterocycles. The second-order valence-electron chi connectivity index (χ2n) is 26.2. The molecule has 0 aliphatic carbocycles. The summed E-state index contributed by atoms with van der Waals surface area (Å²) in [6, 6.07) is 26.1. The first-order valence-corrected chi connectivity index (χ1v) is 28.2. The highest BCUT2D eigenvalue weighted by Crippen LogP contribution is 2.53. The second-order valence-corrected chi connectivity index (χ2v) is 26.2. The highest BCUT2D eigenvalue weighted by atomic mass is 16.2. The minimum Gasteiger partial charge on any atom is -0.274 e. The van der Waals surface area contributed by atoms with Gasteiger partial charge in [0.1, 0.15) is 0 Å². The van der Waals surface area contributed by atoms with E-state index in [1.54, 1.807) is 0 Å². The summed E-state index contributed by atoms with van der Waals surface area (Å²) in [6.45, 7) is 32.1. The maximum absolute atomic E-state index is 15.3. The van der Waals surface area contributed by atoms with Crippen LogP contribution in [0.1, 0.15) is 238 Å². The van der Waals surface area contributed by atoms with Gasteiger partial charge in [0.05, 0.1) is 0 Å². The number of nitrogens with zero attached hydrogens (tertiary/aromatic N) is 2. The molecule has 74 heavy (non-hydrogen) atoms. The summed E-state index contributed by atoms with van der Waals surface area (Å²) in [4.78, 5) is 63.6. The molecule has 7 aromatic rings. The topological polar surface area (TPSA) is 74.8 Å². The molecule has 7 aromatic carbocycles. The van der Waals surface area contributed by atoms with Crippen LogP contribution in [-0.2, 0) is 21.7 Å². The van der Waals surface area contributed by atoms with Crippen LogP contribution < -0.4 is 0 Å². The van der Waals surface area contributed by atoms with Crippen molar-refractivity contribution in [3.05, 3.63) is 117 Å². The Balaban J connectivity index is 1.43. The maximum atomic E-state index is 15.3. The van der Waals surface area contributed by atoms with E-state index in [0.29, 0.717) is 46.1 Å². The number of unbranched alkanes of at least 4 members (excludes halogenated alkanes) is 10. The van der Waals surface area contributed by atoms with Crippen LogP contribution in [0, 0.1) is 0 Å². The molecule has 0 radical (unpaired) electrons. The third-order valence-electron chi connectivity index (χ3n) is 16.4. The highest BCUT2D eigenvalue weighted by molar-refractivity contribution is 6.44. The van der Waals surface area contributed by atoms with Crippen LogP contribution in [0.15, 0.2) is 72.8 Å². The predicted octanol–water partition coefficient (Wildman–Crippen LogP) is 18.2. The van der Waals surface area contributed by atoms with E-state index in [0.717, 1.165) is 119 Å². The number of hydrogen-bond acceptors (Lipinski definition) is 4. The van der Waals surface area contributed by atoms with E-state index in [2.05, 4.69) is 158 Å². The summed E-state index contributed by atoms with van der Waals surface area (Å²) < 4.78 is 0. The van der Waals surface area contributed by atoms with E-state index in [1.807, 2.05) is 12.1 Å². The summed E-state index contributed by atoms with van der Waals surface area (Å²) in [7, 11) is 0. The van der Waals surface area contributed by atoms with Crippen LogP contribution in [0.2, 0.25) is 0 Å². The van der Waals surface area contributed by atoms with Crippen molar-refractivity contribution in [2.24, 2.45) is 0 Å². The van der Waals surface area contributed by atoms with Gasteiger partial charge in [-0.15, -0.1) is 0 Å². The molecule has 6 nitrogen and oxygen atoms in total. The highest BCUT2D eigenvalue weighted by Gasteiger charge is 2.39. The smallest absolute Gasteiger partial charge is 0.261 e. The number of rotatable bonds is 16. The van der Waals surface area contributed by atoms with Gasteiger partial charge in [-0.3, -0.25) is 29.0 Å². The molecule has 0 N–H and O–H groups in total. The Hall–Kier alpha value is -5.88. The van der Waals surface area contributed by atoms with E-state index in [4.69, 9.17) is 0 Å². The van der Waals surface area contributed by atoms with Crippen molar-refractivity contribution in [3.63, 3.8) is 0 Å². The van der Waals surface area contributed by atoms with Crippen molar-refractivity contribution in [2.45, 2.75) is 196 Å². The Kier molecular flexibility index (Phi) is 14.1. The molecule has 0 saturated heterocycles. The molecule has 0 fully saturated rings. The van der Waals surface area contributed by atoms with Crippen LogP contribution in [0.25, 0.3) is 65.3 Å². The molecular weight excluding hydrogens is 909 g/mol. The van der Waals surface area contributed by atoms with Crippen molar-refractivity contribution in [1.29, 1.82) is 0 Å². The van der Waals surface area contributed by atoms with Gasteiger partial charge in [0.25, 0.3) is 23.6 Å². The van der Waals surface area contributed by atoms with Gasteiger partial charge >= 0.3 is 0 Å². The number of benzene rings is 7. The fraction of sp³-hybridized carbons (Fsp3) is 0.471. The fourth-order valence-electron chi connectivity index (χ4n) is 11.8. The van der Waals surface area contributed by atoms with E-state index in [-0.39, 0.29) is 45.3 Å². The normalized spacial score (nSPS) is 14.6. The maximum Gasteiger partial charge on any atom is 0.261 e. The predicted molar refractivity (Wildman–Crippen MR) is 311 cm³/mol. The van der Waals surface area contributed by atoms with E-state index in [1.165, 1.54) is 44.9 Å². The SMILES string of the molecule is CCCCCCCCN1C(=O)c2ccc3c4c(-c5cc(C(C)(C)C)cc(C(C)(C)C)c5)cc5c6c(ccc(c7c(-c8cc(C(C)(C)C)cc(C(C)(C)C)c8)cc(c2c37)C1=O)c64)C(=O)N(CCCCCCCC)C5=O. The average Bonchev–Trinajstić information content (AvgIpc) is 3.34. The van der Waals surface area contributed by atoms with Gasteiger partial charge in [-0.25, -0.2) is 0 Å². The van der Waals surface area contributed by atoms with Gasteiger partial charge in [-0.1, -0.05) is 210 Å². The second kappa shape index (κ2) is 19.7. The Morgan fingerprint density at radius 3 is 0.919 bits per heavy atom. The lowest BCUT2D eigenvalue weighted by atomic mass is 9.75. The Bertz CT molecular complexity index is 3090. The molecule has 6 heteroatoms. The Labute approximate surface area is 442 Å². The minimum atomic E-state index is -0.255. The largest absolute Gasteiger partial charge is 0.274 e. The fourth-order valence-corrected chi connectivity index (χ4v) is 11.8. The van der Waals surface area contributed by atoms with Crippen molar-refractivity contribution in [2.75, 3.05) is 13.1 Å². The monoisotopic (exact) mass is 991 g/mol. The number of amides is 4.